The first-order valence-corrected chi connectivity index (χ1v) is 6.36. The molecule has 0 saturated carbocycles. The zero-order valence-corrected chi connectivity index (χ0v) is 8.67. The second-order valence-corrected chi connectivity index (χ2v) is 5.13. The lowest BCUT2D eigenvalue weighted by molar-refractivity contribution is 1.13. The second-order valence-electron chi connectivity index (χ2n) is 1.43. The first-order valence-electron chi connectivity index (χ1n) is 2.79. The monoisotopic (exact) mass is 200 g/mol. The van der Waals surface area contributed by atoms with Gasteiger partial charge in [-0.05, 0) is 17.9 Å². The summed E-state index contributed by atoms with van der Waals surface area (Å²) in [5.74, 6) is 2.48. The molecule has 0 aromatic rings. The van der Waals surface area contributed by atoms with Crippen LogP contribution in [0.5, 0.6) is 0 Å². The van der Waals surface area contributed by atoms with Gasteiger partial charge in [0.25, 0.3) is 0 Å². The molecule has 0 fully saturated rings. The van der Waals surface area contributed by atoms with E-state index in [-0.39, 0.29) is 0 Å². The van der Waals surface area contributed by atoms with Crippen molar-refractivity contribution < 1.29 is 0 Å². The molecule has 0 aromatic heterocycles. The van der Waals surface area contributed by atoms with Crippen molar-refractivity contribution in [2.24, 2.45) is 0 Å². The largest absolute Gasteiger partial charge is 0.168 e. The molecule has 0 saturated heterocycles. The molecule has 0 amide bonds. The fourth-order valence-electron chi connectivity index (χ4n) is 0.392. The van der Waals surface area contributed by atoms with Crippen LogP contribution in [0.4, 0.5) is 0 Å². The van der Waals surface area contributed by atoms with Crippen molar-refractivity contribution in [1.82, 2.24) is 0 Å². The average molecular weight is 200 g/mol. The van der Waals surface area contributed by atoms with E-state index in [1.54, 1.807) is 0 Å². The van der Waals surface area contributed by atoms with Crippen LogP contribution in [-0.2, 0) is 0 Å². The maximum atomic E-state index is 4.09. The van der Waals surface area contributed by atoms with Gasteiger partial charge in [-0.25, -0.2) is 0 Å². The minimum Gasteiger partial charge on any atom is -0.168 e. The van der Waals surface area contributed by atoms with Gasteiger partial charge in [0.2, 0.25) is 0 Å². The van der Waals surface area contributed by atoms with Crippen LogP contribution < -0.4 is 0 Å². The summed E-state index contributed by atoms with van der Waals surface area (Å²) >= 11 is 11.9. The molecule has 0 unspecified atom stereocenters. The van der Waals surface area contributed by atoms with Gasteiger partial charge in [0.15, 0.2) is 0 Å². The maximum absolute atomic E-state index is 4.09. The van der Waals surface area contributed by atoms with E-state index >= 15 is 0 Å². The normalized spacial score (nSPS) is 10.0. The highest BCUT2D eigenvalue weighted by Gasteiger charge is 1.86. The minimum atomic E-state index is 0.950. The van der Waals surface area contributed by atoms with Crippen molar-refractivity contribution in [2.45, 2.75) is 6.42 Å². The molecule has 0 bridgehead atoms. The molecule has 0 rings (SSSR count). The first-order chi connectivity index (χ1) is 4.41. The Bertz CT molecular complexity index is 42.2. The number of thioether (sulfide) groups is 2. The lowest BCUT2D eigenvalue weighted by Gasteiger charge is -1.95. The SMILES string of the molecule is SCSCCCSCS. The molecule has 0 aliphatic heterocycles. The Morgan fingerprint density at radius 1 is 0.889 bits per heavy atom. The van der Waals surface area contributed by atoms with E-state index < -0.39 is 0 Å². The van der Waals surface area contributed by atoms with E-state index in [0.29, 0.717) is 0 Å². The summed E-state index contributed by atoms with van der Waals surface area (Å²) < 4.78 is 0. The summed E-state index contributed by atoms with van der Waals surface area (Å²) in [6.07, 6.45) is 1.29. The van der Waals surface area contributed by atoms with Crippen LogP contribution in [0.3, 0.4) is 0 Å². The van der Waals surface area contributed by atoms with E-state index in [9.17, 15) is 0 Å². The molecule has 0 aliphatic rings. The minimum absolute atomic E-state index is 0.950. The molecule has 0 N–H and O–H groups in total. The smallest absolute Gasteiger partial charge is 0.0361 e. The lowest BCUT2D eigenvalue weighted by atomic mass is 10.6. The van der Waals surface area contributed by atoms with E-state index in [1.165, 1.54) is 17.9 Å². The molecule has 0 spiro atoms. The third kappa shape index (κ3) is 9.40. The third-order valence-electron chi connectivity index (χ3n) is 0.760. The van der Waals surface area contributed by atoms with Crippen LogP contribution in [0.25, 0.3) is 0 Å². The molecule has 4 heteroatoms. The van der Waals surface area contributed by atoms with Gasteiger partial charge < -0.3 is 0 Å². The van der Waals surface area contributed by atoms with Crippen molar-refractivity contribution in [1.29, 1.82) is 0 Å². The predicted octanol–water partition coefficient (Wildman–Crippen LogP) is 2.62. The number of thiol groups is 2. The van der Waals surface area contributed by atoms with Crippen molar-refractivity contribution in [3.63, 3.8) is 0 Å². The van der Waals surface area contributed by atoms with Crippen molar-refractivity contribution in [3.05, 3.63) is 0 Å². The zero-order chi connectivity index (χ0) is 6.95. The first kappa shape index (κ1) is 10.4. The van der Waals surface area contributed by atoms with E-state index in [2.05, 4.69) is 25.3 Å². The molecule has 0 atom stereocenters. The average Bonchev–Trinajstić information content (AvgIpc) is 1.89. The van der Waals surface area contributed by atoms with E-state index in [4.69, 9.17) is 0 Å². The Kier molecular flexibility index (Phi) is 10.9. The van der Waals surface area contributed by atoms with Gasteiger partial charge in [-0.15, -0.1) is 0 Å². The molecule has 0 aromatic carbocycles. The summed E-state index contributed by atoms with van der Waals surface area (Å²) in [5.41, 5.74) is 0. The topological polar surface area (TPSA) is 0 Å². The third-order valence-corrected chi connectivity index (χ3v) is 3.38. The lowest BCUT2D eigenvalue weighted by Crippen LogP contribution is -1.82. The van der Waals surface area contributed by atoms with Crippen LogP contribution in [0, 0.1) is 0 Å². The number of rotatable bonds is 6. The zero-order valence-electron chi connectivity index (χ0n) is 5.25. The standard InChI is InChI=1S/C5H12S4/c6-4-8-2-1-3-9-5-7/h6-7H,1-5H2. The molecule has 0 radical (unpaired) electrons. The van der Waals surface area contributed by atoms with Gasteiger partial charge in [0.05, 0.1) is 0 Å². The Balaban J connectivity index is 2.60. The fourth-order valence-corrected chi connectivity index (χ4v) is 2.30. The van der Waals surface area contributed by atoms with Crippen LogP contribution in [0.15, 0.2) is 0 Å². The highest BCUT2D eigenvalue weighted by Crippen LogP contribution is 2.09. The summed E-state index contributed by atoms with van der Waals surface area (Å²) in [7, 11) is 0. The van der Waals surface area contributed by atoms with Gasteiger partial charge >= 0.3 is 0 Å². The van der Waals surface area contributed by atoms with Crippen LogP contribution in [-0.4, -0.2) is 21.7 Å². The van der Waals surface area contributed by atoms with Crippen LogP contribution in [0.2, 0.25) is 0 Å². The molecule has 0 nitrogen and oxygen atoms in total. The fraction of sp³-hybridized carbons (Fsp3) is 1.00. The van der Waals surface area contributed by atoms with Crippen molar-refractivity contribution in [3.8, 4) is 0 Å². The van der Waals surface area contributed by atoms with Gasteiger partial charge in [0, 0.05) is 10.2 Å². The predicted molar refractivity (Wildman–Crippen MR) is 57.2 cm³/mol. The molecule has 0 aliphatic carbocycles. The van der Waals surface area contributed by atoms with Gasteiger partial charge in [0.1, 0.15) is 0 Å². The maximum Gasteiger partial charge on any atom is 0.0361 e. The van der Waals surface area contributed by atoms with Gasteiger partial charge in [-0.3, -0.25) is 0 Å². The Morgan fingerprint density at radius 3 is 1.67 bits per heavy atom. The number of hydrogen-bond donors (Lipinski definition) is 2. The Labute approximate surface area is 76.8 Å². The van der Waals surface area contributed by atoms with Gasteiger partial charge in [-0.1, -0.05) is 0 Å². The highest BCUT2D eigenvalue weighted by atomic mass is 32.2. The number of hydrogen-bond acceptors (Lipinski definition) is 4. The highest BCUT2D eigenvalue weighted by molar-refractivity contribution is 8.10. The summed E-state index contributed by atoms with van der Waals surface area (Å²) in [6, 6.07) is 0. The van der Waals surface area contributed by atoms with Crippen LogP contribution >= 0.6 is 48.8 Å². The van der Waals surface area contributed by atoms with Crippen molar-refractivity contribution >= 4 is 48.8 Å². The molecular weight excluding hydrogens is 188 g/mol. The molecule has 56 valence electrons. The summed E-state index contributed by atoms with van der Waals surface area (Å²) in [4.78, 5) is 0. The van der Waals surface area contributed by atoms with E-state index in [0.717, 1.165) is 10.2 Å². The van der Waals surface area contributed by atoms with Crippen molar-refractivity contribution in [2.75, 3.05) is 21.7 Å². The summed E-state index contributed by atoms with van der Waals surface area (Å²) in [6.45, 7) is 0. The van der Waals surface area contributed by atoms with Crippen LogP contribution in [0.1, 0.15) is 6.42 Å². The second kappa shape index (κ2) is 9.40. The summed E-state index contributed by atoms with van der Waals surface area (Å²) in [5, 5.41) is 1.90. The molecular formula is C5H12S4. The Morgan fingerprint density at radius 2 is 1.33 bits per heavy atom. The molecule has 0 heterocycles. The van der Waals surface area contributed by atoms with E-state index in [1.807, 2.05) is 23.5 Å². The quantitative estimate of drug-likeness (QED) is 0.384. The van der Waals surface area contributed by atoms with Gasteiger partial charge in [-0.2, -0.15) is 48.8 Å². The molecule has 9 heavy (non-hydrogen) atoms. The Hall–Kier alpha value is 1.40.